The third-order valence-corrected chi connectivity index (χ3v) is 4.14. The standard InChI is InChI=1S/C19H16N4O2/c1-12-6-8-13(9-7-12)18-19(23-17(25)11-10-16(24)22-23)21-15-5-3-2-4-14(15)20-18/h2-9H,10-11H2,1H3,(H,22,24). The molecule has 0 spiro atoms. The first kappa shape index (κ1) is 15.3. The van der Waals surface area contributed by atoms with Gasteiger partial charge in [-0.2, -0.15) is 0 Å². The number of aromatic nitrogens is 2. The lowest BCUT2D eigenvalue weighted by atomic mass is 10.1. The lowest BCUT2D eigenvalue weighted by molar-refractivity contribution is -0.130. The van der Waals surface area contributed by atoms with Crippen LogP contribution in [0.3, 0.4) is 0 Å². The van der Waals surface area contributed by atoms with Crippen LogP contribution in [0.15, 0.2) is 48.5 Å². The van der Waals surface area contributed by atoms with Gasteiger partial charge in [0, 0.05) is 18.4 Å². The normalized spacial score (nSPS) is 14.7. The monoisotopic (exact) mass is 332 g/mol. The number of carbonyl (C=O) groups is 2. The first-order chi connectivity index (χ1) is 12.1. The summed E-state index contributed by atoms with van der Waals surface area (Å²) in [5, 5.41) is 1.22. The van der Waals surface area contributed by atoms with Crippen molar-refractivity contribution in [2.24, 2.45) is 0 Å². The van der Waals surface area contributed by atoms with E-state index in [0.717, 1.165) is 16.6 Å². The molecule has 25 heavy (non-hydrogen) atoms. The first-order valence-electron chi connectivity index (χ1n) is 8.08. The number of para-hydroxylation sites is 2. The van der Waals surface area contributed by atoms with Crippen LogP contribution >= 0.6 is 0 Å². The summed E-state index contributed by atoms with van der Waals surface area (Å²) in [4.78, 5) is 33.5. The molecule has 1 aromatic heterocycles. The van der Waals surface area contributed by atoms with Crippen molar-refractivity contribution < 1.29 is 9.59 Å². The Balaban J connectivity index is 1.94. The summed E-state index contributed by atoms with van der Waals surface area (Å²) in [7, 11) is 0. The van der Waals surface area contributed by atoms with E-state index in [1.165, 1.54) is 5.01 Å². The van der Waals surface area contributed by atoms with Crippen molar-refractivity contribution in [3.05, 3.63) is 54.1 Å². The highest BCUT2D eigenvalue weighted by Crippen LogP contribution is 2.30. The van der Waals surface area contributed by atoms with Gasteiger partial charge in [-0.1, -0.05) is 42.0 Å². The van der Waals surface area contributed by atoms with Gasteiger partial charge >= 0.3 is 0 Å². The SMILES string of the molecule is Cc1ccc(-c2nc3ccccc3nc2N2NC(=O)CCC2=O)cc1. The summed E-state index contributed by atoms with van der Waals surface area (Å²) in [5.41, 5.74) is 6.54. The fourth-order valence-electron chi connectivity index (χ4n) is 2.80. The Labute approximate surface area is 144 Å². The fourth-order valence-corrected chi connectivity index (χ4v) is 2.80. The predicted octanol–water partition coefficient (Wildman–Crippen LogP) is 2.76. The third-order valence-electron chi connectivity index (χ3n) is 4.14. The molecule has 1 aliphatic rings. The van der Waals surface area contributed by atoms with Crippen molar-refractivity contribution in [2.45, 2.75) is 19.8 Å². The number of fused-ring (bicyclic) bond motifs is 1. The summed E-state index contributed by atoms with van der Waals surface area (Å²) < 4.78 is 0. The van der Waals surface area contributed by atoms with Crippen LogP contribution in [-0.4, -0.2) is 21.8 Å². The number of amides is 2. The van der Waals surface area contributed by atoms with Gasteiger partial charge in [0.05, 0.1) is 11.0 Å². The van der Waals surface area contributed by atoms with Gasteiger partial charge in [-0.25, -0.2) is 15.0 Å². The molecule has 1 fully saturated rings. The summed E-state index contributed by atoms with van der Waals surface area (Å²) in [6.45, 7) is 2.01. The zero-order valence-electron chi connectivity index (χ0n) is 13.7. The highest BCUT2D eigenvalue weighted by atomic mass is 16.2. The van der Waals surface area contributed by atoms with E-state index in [0.29, 0.717) is 17.0 Å². The second kappa shape index (κ2) is 5.98. The number of anilines is 1. The molecule has 2 aromatic carbocycles. The quantitative estimate of drug-likeness (QED) is 0.783. The zero-order valence-corrected chi connectivity index (χ0v) is 13.7. The molecular weight excluding hydrogens is 316 g/mol. The number of hydrazine groups is 1. The first-order valence-corrected chi connectivity index (χ1v) is 8.08. The average molecular weight is 332 g/mol. The zero-order chi connectivity index (χ0) is 17.4. The number of nitrogens with zero attached hydrogens (tertiary/aromatic N) is 3. The number of carbonyl (C=O) groups excluding carboxylic acids is 2. The van der Waals surface area contributed by atoms with E-state index in [1.807, 2.05) is 55.5 Å². The molecule has 0 radical (unpaired) electrons. The molecule has 0 saturated carbocycles. The van der Waals surface area contributed by atoms with Crippen molar-refractivity contribution in [2.75, 3.05) is 5.01 Å². The maximum Gasteiger partial charge on any atom is 0.247 e. The van der Waals surface area contributed by atoms with E-state index in [-0.39, 0.29) is 24.7 Å². The lowest BCUT2D eigenvalue weighted by Crippen LogP contribution is -2.51. The Morgan fingerprint density at radius 3 is 2.32 bits per heavy atom. The van der Waals surface area contributed by atoms with Crippen molar-refractivity contribution in [3.63, 3.8) is 0 Å². The highest BCUT2D eigenvalue weighted by Gasteiger charge is 2.28. The molecule has 4 rings (SSSR count). The van der Waals surface area contributed by atoms with Crippen molar-refractivity contribution in [1.29, 1.82) is 0 Å². The fraction of sp³-hybridized carbons (Fsp3) is 0.158. The van der Waals surface area contributed by atoms with Gasteiger partial charge in [0.25, 0.3) is 0 Å². The van der Waals surface area contributed by atoms with Gasteiger partial charge in [0.1, 0.15) is 5.69 Å². The lowest BCUT2D eigenvalue weighted by Gasteiger charge is -2.27. The number of hydrogen-bond donors (Lipinski definition) is 1. The second-order valence-corrected chi connectivity index (χ2v) is 6.01. The predicted molar refractivity (Wildman–Crippen MR) is 94.6 cm³/mol. The minimum absolute atomic E-state index is 0.160. The molecule has 1 N–H and O–H groups in total. The number of nitrogens with one attached hydrogen (secondary N) is 1. The van der Waals surface area contributed by atoms with E-state index < -0.39 is 0 Å². The van der Waals surface area contributed by atoms with Gasteiger partial charge in [0.2, 0.25) is 11.8 Å². The molecule has 0 aliphatic carbocycles. The summed E-state index contributed by atoms with van der Waals surface area (Å²) in [6, 6.07) is 15.3. The Kier molecular flexibility index (Phi) is 3.65. The summed E-state index contributed by atoms with van der Waals surface area (Å²) >= 11 is 0. The molecule has 3 aromatic rings. The van der Waals surface area contributed by atoms with Gasteiger partial charge in [-0.15, -0.1) is 0 Å². The van der Waals surface area contributed by atoms with Crippen molar-refractivity contribution in [3.8, 4) is 11.3 Å². The van der Waals surface area contributed by atoms with Gasteiger partial charge in [-0.3, -0.25) is 15.0 Å². The molecule has 1 aliphatic heterocycles. The minimum atomic E-state index is -0.204. The van der Waals surface area contributed by atoms with Crippen molar-refractivity contribution >= 4 is 28.7 Å². The molecule has 2 amide bonds. The Bertz CT molecular complexity index is 982. The Morgan fingerprint density at radius 2 is 1.60 bits per heavy atom. The number of benzene rings is 2. The number of aryl methyl sites for hydroxylation is 1. The molecule has 1 saturated heterocycles. The molecule has 124 valence electrons. The number of rotatable bonds is 2. The maximum atomic E-state index is 12.4. The van der Waals surface area contributed by atoms with Crippen LogP contribution in [0.4, 0.5) is 5.82 Å². The van der Waals surface area contributed by atoms with E-state index in [1.54, 1.807) is 0 Å². The molecule has 0 bridgehead atoms. The van der Waals surface area contributed by atoms with E-state index >= 15 is 0 Å². The smallest absolute Gasteiger partial charge is 0.247 e. The van der Waals surface area contributed by atoms with Crippen LogP contribution in [-0.2, 0) is 9.59 Å². The van der Waals surface area contributed by atoms with Crippen molar-refractivity contribution in [1.82, 2.24) is 15.4 Å². The Hall–Kier alpha value is -3.28. The molecule has 0 atom stereocenters. The molecule has 6 nitrogen and oxygen atoms in total. The topological polar surface area (TPSA) is 75.2 Å². The van der Waals surface area contributed by atoms with Crippen LogP contribution < -0.4 is 10.4 Å². The van der Waals surface area contributed by atoms with Crippen LogP contribution in [0.1, 0.15) is 18.4 Å². The van der Waals surface area contributed by atoms with E-state index in [9.17, 15) is 9.59 Å². The second-order valence-electron chi connectivity index (χ2n) is 6.01. The molecule has 6 heteroatoms. The average Bonchev–Trinajstić information content (AvgIpc) is 2.63. The third kappa shape index (κ3) is 2.82. The van der Waals surface area contributed by atoms with E-state index in [2.05, 4.69) is 10.4 Å². The molecule has 2 heterocycles. The van der Waals surface area contributed by atoms with Gasteiger partial charge in [0.15, 0.2) is 5.82 Å². The highest BCUT2D eigenvalue weighted by molar-refractivity contribution is 6.03. The minimum Gasteiger partial charge on any atom is -0.273 e. The van der Waals surface area contributed by atoms with Gasteiger partial charge < -0.3 is 0 Å². The molecule has 0 unspecified atom stereocenters. The largest absolute Gasteiger partial charge is 0.273 e. The van der Waals surface area contributed by atoms with E-state index in [4.69, 9.17) is 4.98 Å². The number of hydrogen-bond acceptors (Lipinski definition) is 4. The summed E-state index contributed by atoms with van der Waals surface area (Å²) in [6.07, 6.45) is 0.351. The van der Waals surface area contributed by atoms with Crippen LogP contribution in [0.5, 0.6) is 0 Å². The van der Waals surface area contributed by atoms with Crippen LogP contribution in [0.25, 0.3) is 22.3 Å². The maximum absolute atomic E-state index is 12.4. The van der Waals surface area contributed by atoms with Crippen LogP contribution in [0.2, 0.25) is 0 Å². The van der Waals surface area contributed by atoms with Crippen LogP contribution in [0, 0.1) is 6.92 Å². The van der Waals surface area contributed by atoms with Gasteiger partial charge in [-0.05, 0) is 19.1 Å². The summed E-state index contributed by atoms with van der Waals surface area (Å²) in [5.74, 6) is -0.0532. The molecular formula is C19H16N4O2. The Morgan fingerprint density at radius 1 is 0.920 bits per heavy atom.